The fraction of sp³-hybridized carbons (Fsp3) is 0.148. The number of thiazole rings is 1. The van der Waals surface area contributed by atoms with Gasteiger partial charge in [0.2, 0.25) is 5.88 Å². The van der Waals surface area contributed by atoms with Crippen molar-refractivity contribution in [2.24, 2.45) is 0 Å². The molecule has 38 heavy (non-hydrogen) atoms. The maximum absolute atomic E-state index is 13.1. The lowest BCUT2D eigenvalue weighted by atomic mass is 9.87. The van der Waals surface area contributed by atoms with Crippen LogP contribution in [0.15, 0.2) is 83.3 Å². The molecule has 194 valence electrons. The Labute approximate surface area is 224 Å². The van der Waals surface area contributed by atoms with Crippen LogP contribution in [0.2, 0.25) is 0 Å². The van der Waals surface area contributed by atoms with Gasteiger partial charge in [0.25, 0.3) is 10.0 Å². The zero-order valence-corrected chi connectivity index (χ0v) is 22.5. The molecule has 0 unspecified atom stereocenters. The van der Waals surface area contributed by atoms with Gasteiger partial charge < -0.3 is 9.72 Å². The summed E-state index contributed by atoms with van der Waals surface area (Å²) in [5.41, 5.74) is 2.97. The number of aromatic nitrogens is 3. The van der Waals surface area contributed by atoms with E-state index in [0.29, 0.717) is 21.7 Å². The molecule has 5 aromatic rings. The number of pyridine rings is 1. The smallest absolute Gasteiger partial charge is 0.392 e. The van der Waals surface area contributed by atoms with Gasteiger partial charge in [0.05, 0.1) is 22.3 Å². The first-order valence-corrected chi connectivity index (χ1v) is 14.1. The zero-order valence-electron chi connectivity index (χ0n) is 20.8. The summed E-state index contributed by atoms with van der Waals surface area (Å²) in [6, 6.07) is 17.8. The number of nitrogens with one attached hydrogen (secondary N) is 3. The zero-order chi connectivity index (χ0) is 26.9. The summed E-state index contributed by atoms with van der Waals surface area (Å²) in [6.45, 7) is 6.20. The summed E-state index contributed by atoms with van der Waals surface area (Å²) in [5, 5.41) is 5.30. The molecule has 1 amide bonds. The number of rotatable bonds is 6. The molecule has 0 spiro atoms. The van der Waals surface area contributed by atoms with Crippen LogP contribution in [-0.4, -0.2) is 29.5 Å². The third kappa shape index (κ3) is 5.38. The molecule has 11 heteroatoms. The molecule has 0 bridgehead atoms. The van der Waals surface area contributed by atoms with Gasteiger partial charge in [-0.2, -0.15) is 0 Å². The van der Waals surface area contributed by atoms with Crippen LogP contribution >= 0.6 is 11.3 Å². The number of carbonyl (C=O) groups excluding carboxylic acids is 1. The van der Waals surface area contributed by atoms with Crippen LogP contribution < -0.4 is 14.8 Å². The van der Waals surface area contributed by atoms with Crippen LogP contribution in [-0.2, 0) is 15.4 Å². The van der Waals surface area contributed by atoms with Gasteiger partial charge in [-0.05, 0) is 34.7 Å². The first kappa shape index (κ1) is 25.4. The number of nitrogens with zero attached hydrogens (tertiary/aromatic N) is 2. The van der Waals surface area contributed by atoms with E-state index in [1.807, 2.05) is 42.5 Å². The van der Waals surface area contributed by atoms with Gasteiger partial charge in [0.15, 0.2) is 5.13 Å². The van der Waals surface area contributed by atoms with E-state index in [1.54, 1.807) is 29.8 Å². The fourth-order valence-electron chi connectivity index (χ4n) is 3.91. The SMILES string of the molecule is CC(C)(C)c1ccc(S(=O)(=O)Nc2cnc3[nH]c(OC(=O)Nc4nccs4)c(-c4ccccc4)c3c2)cc1. The van der Waals surface area contributed by atoms with Crippen molar-refractivity contribution in [3.63, 3.8) is 0 Å². The van der Waals surface area contributed by atoms with E-state index in [2.05, 4.69) is 45.8 Å². The van der Waals surface area contributed by atoms with E-state index in [9.17, 15) is 13.2 Å². The molecule has 3 aromatic heterocycles. The number of H-pyrrole nitrogens is 1. The third-order valence-corrected chi connectivity index (χ3v) is 7.88. The third-order valence-electron chi connectivity index (χ3n) is 5.80. The molecule has 5 rings (SSSR count). The first-order valence-electron chi connectivity index (χ1n) is 11.7. The average molecular weight is 548 g/mol. The minimum atomic E-state index is -3.86. The van der Waals surface area contributed by atoms with Crippen LogP contribution in [0.1, 0.15) is 26.3 Å². The number of carbonyl (C=O) groups is 1. The number of hydrogen-bond acceptors (Lipinski definition) is 7. The molecule has 0 atom stereocenters. The van der Waals surface area contributed by atoms with Crippen LogP contribution in [0.5, 0.6) is 5.88 Å². The first-order chi connectivity index (χ1) is 18.1. The van der Waals surface area contributed by atoms with Gasteiger partial charge in [0, 0.05) is 17.0 Å². The van der Waals surface area contributed by atoms with Crippen LogP contribution in [0, 0.1) is 0 Å². The van der Waals surface area contributed by atoms with Gasteiger partial charge in [-0.15, -0.1) is 11.3 Å². The highest BCUT2D eigenvalue weighted by molar-refractivity contribution is 7.92. The highest BCUT2D eigenvalue weighted by atomic mass is 32.2. The number of amides is 1. The maximum atomic E-state index is 13.1. The number of anilines is 2. The predicted octanol–water partition coefficient (Wildman–Crippen LogP) is 6.40. The van der Waals surface area contributed by atoms with Crippen LogP contribution in [0.3, 0.4) is 0 Å². The summed E-state index contributed by atoms with van der Waals surface area (Å²) in [7, 11) is -3.86. The number of benzene rings is 2. The summed E-state index contributed by atoms with van der Waals surface area (Å²) >= 11 is 1.26. The van der Waals surface area contributed by atoms with Crippen molar-refractivity contribution < 1.29 is 17.9 Å². The number of aromatic amines is 1. The van der Waals surface area contributed by atoms with E-state index < -0.39 is 16.1 Å². The molecule has 0 aliphatic carbocycles. The monoisotopic (exact) mass is 547 g/mol. The van der Waals surface area contributed by atoms with Gasteiger partial charge in [-0.25, -0.2) is 23.2 Å². The molecule has 0 saturated heterocycles. The van der Waals surface area contributed by atoms with E-state index in [-0.39, 0.29) is 21.9 Å². The van der Waals surface area contributed by atoms with E-state index in [1.165, 1.54) is 17.5 Å². The Kier molecular flexibility index (Phi) is 6.64. The molecule has 3 N–H and O–H groups in total. The highest BCUT2D eigenvalue weighted by Crippen LogP contribution is 2.38. The summed E-state index contributed by atoms with van der Waals surface area (Å²) in [6.07, 6.45) is 2.27. The van der Waals surface area contributed by atoms with Crippen molar-refractivity contribution in [1.29, 1.82) is 0 Å². The molecule has 2 aromatic carbocycles. The van der Waals surface area contributed by atoms with E-state index >= 15 is 0 Å². The molecule has 3 heterocycles. The van der Waals surface area contributed by atoms with Crippen LogP contribution in [0.25, 0.3) is 22.2 Å². The Balaban J connectivity index is 1.49. The maximum Gasteiger partial charge on any atom is 0.420 e. The second-order valence-electron chi connectivity index (χ2n) is 9.55. The quantitative estimate of drug-likeness (QED) is 0.226. The van der Waals surface area contributed by atoms with E-state index in [4.69, 9.17) is 4.74 Å². The van der Waals surface area contributed by atoms with Gasteiger partial charge in [-0.1, -0.05) is 63.2 Å². The van der Waals surface area contributed by atoms with Crippen molar-refractivity contribution in [2.45, 2.75) is 31.1 Å². The van der Waals surface area contributed by atoms with Crippen molar-refractivity contribution in [3.05, 3.63) is 84.0 Å². The number of fused-ring (bicyclic) bond motifs is 1. The summed E-state index contributed by atoms with van der Waals surface area (Å²) in [4.78, 5) is 24.1. The predicted molar refractivity (Wildman–Crippen MR) is 149 cm³/mol. The van der Waals surface area contributed by atoms with Gasteiger partial charge in [0.1, 0.15) is 5.65 Å². The minimum Gasteiger partial charge on any atom is -0.392 e. The summed E-state index contributed by atoms with van der Waals surface area (Å²) in [5.74, 6) is 0.172. The topological polar surface area (TPSA) is 126 Å². The second kappa shape index (κ2) is 9.92. The van der Waals surface area contributed by atoms with Gasteiger partial charge >= 0.3 is 6.09 Å². The Morgan fingerprint density at radius 3 is 2.42 bits per heavy atom. The van der Waals surface area contributed by atoms with E-state index in [0.717, 1.165) is 11.1 Å². The lowest BCUT2D eigenvalue weighted by Gasteiger charge is -2.19. The minimum absolute atomic E-state index is 0.0935. The molecular formula is C27H25N5O4S2. The Morgan fingerprint density at radius 1 is 1.03 bits per heavy atom. The molecule has 0 radical (unpaired) electrons. The Morgan fingerprint density at radius 2 is 1.76 bits per heavy atom. The Hall–Kier alpha value is -4.22. The molecule has 9 nitrogen and oxygen atoms in total. The molecule has 0 fully saturated rings. The normalized spacial score (nSPS) is 11.9. The molecule has 0 aliphatic heterocycles. The number of sulfonamides is 1. The molecular weight excluding hydrogens is 522 g/mol. The number of ether oxygens (including phenoxy) is 1. The lowest BCUT2D eigenvalue weighted by Crippen LogP contribution is -2.17. The Bertz CT molecular complexity index is 1690. The van der Waals surface area contributed by atoms with Gasteiger partial charge in [-0.3, -0.25) is 10.0 Å². The van der Waals surface area contributed by atoms with Crippen molar-refractivity contribution in [2.75, 3.05) is 10.0 Å². The van der Waals surface area contributed by atoms with Crippen molar-refractivity contribution in [3.8, 4) is 17.0 Å². The fourth-order valence-corrected chi connectivity index (χ4v) is 5.46. The standard InChI is InChI=1S/C27H25N5O4S2/c1-27(2,3)18-9-11-20(12-10-18)38(34,35)32-19-15-21-22(17-7-5-4-6-8-17)24(30-23(21)29-16-19)36-26(33)31-25-28-13-14-37-25/h4-16,32H,1-3H3,(H,29,30)(H,28,31,33). The van der Waals surface area contributed by atoms with Crippen LogP contribution in [0.4, 0.5) is 15.6 Å². The average Bonchev–Trinajstić information content (AvgIpc) is 3.51. The molecule has 0 aliphatic rings. The largest absolute Gasteiger partial charge is 0.420 e. The van der Waals surface area contributed by atoms with Crippen molar-refractivity contribution >= 4 is 49.3 Å². The second-order valence-corrected chi connectivity index (χ2v) is 12.1. The number of hydrogen-bond donors (Lipinski definition) is 3. The molecule has 0 saturated carbocycles. The summed E-state index contributed by atoms with van der Waals surface area (Å²) < 4.78 is 34.5. The van der Waals surface area contributed by atoms with Crippen molar-refractivity contribution in [1.82, 2.24) is 15.0 Å². The highest BCUT2D eigenvalue weighted by Gasteiger charge is 2.22. The lowest BCUT2D eigenvalue weighted by molar-refractivity contribution is 0.214.